The van der Waals surface area contributed by atoms with E-state index in [1.807, 2.05) is 35.9 Å². The van der Waals surface area contributed by atoms with Crippen molar-refractivity contribution in [2.24, 2.45) is 0 Å². The maximum Gasteiger partial charge on any atom is 0.254 e. The summed E-state index contributed by atoms with van der Waals surface area (Å²) in [5.74, 6) is 0. The van der Waals surface area contributed by atoms with Crippen LogP contribution in [-0.4, -0.2) is 18.2 Å². The Labute approximate surface area is 114 Å². The molecule has 1 N–H and O–H groups in total. The summed E-state index contributed by atoms with van der Waals surface area (Å²) in [6, 6.07) is 10.3. The molecule has 102 valence electrons. The maximum atomic E-state index is 12.6. The molecule has 19 heavy (non-hydrogen) atoms. The number of benzene rings is 1. The number of rotatable bonds is 5. The Bertz CT molecular complexity index is 614. The molecular formula is C16H22N2O. The molecule has 0 spiro atoms. The highest BCUT2D eigenvalue weighted by molar-refractivity contribution is 5.79. The molecular weight excluding hydrogens is 236 g/mol. The second-order valence-corrected chi connectivity index (χ2v) is 5.20. The van der Waals surface area contributed by atoms with Crippen LogP contribution >= 0.6 is 0 Å². The lowest BCUT2D eigenvalue weighted by molar-refractivity contribution is 0.592. The Kier molecular flexibility index (Phi) is 4.38. The summed E-state index contributed by atoms with van der Waals surface area (Å²) in [5.41, 5.74) is 2.10. The first-order chi connectivity index (χ1) is 9.15. The molecule has 0 bridgehead atoms. The second-order valence-electron chi connectivity index (χ2n) is 5.20. The van der Waals surface area contributed by atoms with Crippen LogP contribution in [0.5, 0.6) is 0 Å². The molecule has 0 aliphatic rings. The highest BCUT2D eigenvalue weighted by atomic mass is 16.1. The zero-order valence-corrected chi connectivity index (χ0v) is 11.9. The number of para-hydroxylation sites is 1. The largest absolute Gasteiger partial charge is 0.320 e. The van der Waals surface area contributed by atoms with E-state index >= 15 is 0 Å². The van der Waals surface area contributed by atoms with E-state index in [4.69, 9.17) is 0 Å². The van der Waals surface area contributed by atoms with Crippen LogP contribution in [0.1, 0.15) is 31.9 Å². The normalized spacial score (nSPS) is 11.4. The van der Waals surface area contributed by atoms with E-state index in [0.29, 0.717) is 0 Å². The van der Waals surface area contributed by atoms with Crippen molar-refractivity contribution < 1.29 is 0 Å². The minimum Gasteiger partial charge on any atom is -0.320 e. The van der Waals surface area contributed by atoms with Gasteiger partial charge in [-0.15, -0.1) is 0 Å². The highest BCUT2D eigenvalue weighted by Gasteiger charge is 2.10. The molecule has 1 heterocycles. The predicted octanol–water partition coefficient (Wildman–Crippen LogP) is 2.73. The molecule has 0 fully saturated rings. The summed E-state index contributed by atoms with van der Waals surface area (Å²) in [6.07, 6.45) is 1.82. The van der Waals surface area contributed by atoms with Gasteiger partial charge < -0.3 is 9.88 Å². The van der Waals surface area contributed by atoms with Crippen LogP contribution in [0.25, 0.3) is 10.9 Å². The number of pyridine rings is 1. The molecule has 0 saturated heterocycles. The molecule has 0 atom stereocenters. The topological polar surface area (TPSA) is 34.0 Å². The molecule has 0 aliphatic carbocycles. The van der Waals surface area contributed by atoms with Gasteiger partial charge in [0, 0.05) is 11.6 Å². The Balaban J connectivity index is 2.54. The van der Waals surface area contributed by atoms with Crippen molar-refractivity contribution >= 4 is 10.9 Å². The molecule has 0 saturated carbocycles. The van der Waals surface area contributed by atoms with Gasteiger partial charge in [0.1, 0.15) is 0 Å². The number of nitrogens with one attached hydrogen (secondary N) is 1. The predicted molar refractivity (Wildman–Crippen MR) is 80.8 cm³/mol. The van der Waals surface area contributed by atoms with Gasteiger partial charge in [-0.25, -0.2) is 0 Å². The van der Waals surface area contributed by atoms with E-state index in [9.17, 15) is 4.79 Å². The molecule has 3 nitrogen and oxygen atoms in total. The Morgan fingerprint density at radius 3 is 2.68 bits per heavy atom. The average molecular weight is 258 g/mol. The number of aromatic nitrogens is 1. The first kappa shape index (κ1) is 13.8. The molecule has 1 aromatic carbocycles. The van der Waals surface area contributed by atoms with Gasteiger partial charge in [-0.05, 0) is 57.8 Å². The van der Waals surface area contributed by atoms with E-state index in [2.05, 4.69) is 25.2 Å². The molecule has 0 unspecified atom stereocenters. The van der Waals surface area contributed by atoms with E-state index in [1.165, 1.54) is 0 Å². The lowest BCUT2D eigenvalue weighted by Crippen LogP contribution is -2.26. The quantitative estimate of drug-likeness (QED) is 0.837. The minimum atomic E-state index is 0.157. The molecule has 3 heteroatoms. The highest BCUT2D eigenvalue weighted by Crippen LogP contribution is 2.17. The van der Waals surface area contributed by atoms with Gasteiger partial charge >= 0.3 is 0 Å². The van der Waals surface area contributed by atoms with Gasteiger partial charge in [0.25, 0.3) is 5.56 Å². The van der Waals surface area contributed by atoms with E-state index in [1.54, 1.807) is 0 Å². The fourth-order valence-corrected chi connectivity index (χ4v) is 2.49. The van der Waals surface area contributed by atoms with Crippen LogP contribution in [0.2, 0.25) is 0 Å². The zero-order chi connectivity index (χ0) is 13.8. The minimum absolute atomic E-state index is 0.157. The summed E-state index contributed by atoms with van der Waals surface area (Å²) >= 11 is 0. The van der Waals surface area contributed by atoms with Gasteiger partial charge in [0.2, 0.25) is 0 Å². The van der Waals surface area contributed by atoms with Gasteiger partial charge in [-0.1, -0.05) is 18.2 Å². The maximum absolute atomic E-state index is 12.6. The summed E-state index contributed by atoms with van der Waals surface area (Å²) in [6.45, 7) is 5.06. The lowest BCUT2D eigenvalue weighted by atomic mass is 10.1. The van der Waals surface area contributed by atoms with E-state index < -0.39 is 0 Å². The summed E-state index contributed by atoms with van der Waals surface area (Å²) in [7, 11) is 1.94. The van der Waals surface area contributed by atoms with Crippen LogP contribution in [0.3, 0.4) is 0 Å². The average Bonchev–Trinajstić information content (AvgIpc) is 2.39. The molecule has 0 radical (unpaired) electrons. The van der Waals surface area contributed by atoms with Crippen molar-refractivity contribution in [3.63, 3.8) is 0 Å². The number of hydrogen-bond acceptors (Lipinski definition) is 2. The summed E-state index contributed by atoms with van der Waals surface area (Å²) in [5, 5.41) is 4.27. The Hall–Kier alpha value is -1.61. The molecule has 2 aromatic rings. The number of aryl methyl sites for hydroxylation is 1. The fourth-order valence-electron chi connectivity index (χ4n) is 2.49. The van der Waals surface area contributed by atoms with Crippen LogP contribution in [0.15, 0.2) is 35.1 Å². The van der Waals surface area contributed by atoms with Crippen LogP contribution in [0.4, 0.5) is 0 Å². The third kappa shape index (κ3) is 2.87. The standard InChI is InChI=1S/C16H22N2O/c1-12(2)18-15-9-5-4-7-13(15)11-14(16(18)19)8-6-10-17-3/h4-5,7,9,11-12,17H,6,8,10H2,1-3H3. The van der Waals surface area contributed by atoms with Gasteiger partial charge in [0.05, 0.1) is 5.52 Å². The van der Waals surface area contributed by atoms with Gasteiger partial charge in [-0.2, -0.15) is 0 Å². The van der Waals surface area contributed by atoms with Gasteiger partial charge in [0.15, 0.2) is 0 Å². The Morgan fingerprint density at radius 1 is 1.26 bits per heavy atom. The third-order valence-electron chi connectivity index (χ3n) is 3.41. The van der Waals surface area contributed by atoms with Crippen LogP contribution in [0, 0.1) is 0 Å². The molecule has 0 aliphatic heterocycles. The summed E-state index contributed by atoms with van der Waals surface area (Å²) in [4.78, 5) is 12.6. The third-order valence-corrected chi connectivity index (χ3v) is 3.41. The second kappa shape index (κ2) is 6.02. The zero-order valence-electron chi connectivity index (χ0n) is 11.9. The van der Waals surface area contributed by atoms with Crippen molar-refractivity contribution in [1.82, 2.24) is 9.88 Å². The first-order valence-electron chi connectivity index (χ1n) is 6.93. The van der Waals surface area contributed by atoms with E-state index in [-0.39, 0.29) is 11.6 Å². The Morgan fingerprint density at radius 2 is 2.00 bits per heavy atom. The number of nitrogens with zero attached hydrogens (tertiary/aromatic N) is 1. The van der Waals surface area contributed by atoms with Crippen molar-refractivity contribution in [3.8, 4) is 0 Å². The van der Waals surface area contributed by atoms with E-state index in [0.717, 1.165) is 35.9 Å². The van der Waals surface area contributed by atoms with Crippen LogP contribution in [-0.2, 0) is 6.42 Å². The van der Waals surface area contributed by atoms with Crippen molar-refractivity contribution in [2.45, 2.75) is 32.7 Å². The first-order valence-corrected chi connectivity index (χ1v) is 6.93. The molecule has 2 rings (SSSR count). The number of hydrogen-bond donors (Lipinski definition) is 1. The van der Waals surface area contributed by atoms with Crippen molar-refractivity contribution in [1.29, 1.82) is 0 Å². The lowest BCUT2D eigenvalue weighted by Gasteiger charge is -2.16. The van der Waals surface area contributed by atoms with Crippen LogP contribution < -0.4 is 10.9 Å². The van der Waals surface area contributed by atoms with Crippen molar-refractivity contribution in [2.75, 3.05) is 13.6 Å². The summed E-state index contributed by atoms with van der Waals surface area (Å²) < 4.78 is 1.91. The SMILES string of the molecule is CNCCCc1cc2ccccc2n(C(C)C)c1=O. The monoisotopic (exact) mass is 258 g/mol. The van der Waals surface area contributed by atoms with Gasteiger partial charge in [-0.3, -0.25) is 4.79 Å². The fraction of sp³-hybridized carbons (Fsp3) is 0.438. The molecule has 1 aromatic heterocycles. The number of fused-ring (bicyclic) bond motifs is 1. The molecule has 0 amide bonds. The van der Waals surface area contributed by atoms with Crippen molar-refractivity contribution in [3.05, 3.63) is 46.2 Å². The smallest absolute Gasteiger partial charge is 0.254 e.